The Labute approximate surface area is 128 Å². The molecule has 0 aromatic rings. The molecular formula is C15H32O6. The summed E-state index contributed by atoms with van der Waals surface area (Å²) in [7, 11) is 0. The van der Waals surface area contributed by atoms with Gasteiger partial charge in [-0.3, -0.25) is 0 Å². The van der Waals surface area contributed by atoms with E-state index in [0.29, 0.717) is 65.6 Å². The molecule has 0 aliphatic heterocycles. The molecule has 0 rings (SSSR count). The van der Waals surface area contributed by atoms with Crippen LogP contribution in [0.3, 0.4) is 0 Å². The summed E-state index contributed by atoms with van der Waals surface area (Å²) < 4.78 is 26.7. The summed E-state index contributed by atoms with van der Waals surface area (Å²) in [5.41, 5.74) is 0. The molecule has 0 aromatic carbocycles. The van der Waals surface area contributed by atoms with Crippen molar-refractivity contribution in [1.82, 2.24) is 0 Å². The highest BCUT2D eigenvalue weighted by molar-refractivity contribution is 4.47. The van der Waals surface area contributed by atoms with Crippen LogP contribution in [0.5, 0.6) is 0 Å². The van der Waals surface area contributed by atoms with Crippen molar-refractivity contribution in [1.29, 1.82) is 0 Å². The summed E-state index contributed by atoms with van der Waals surface area (Å²) in [4.78, 5) is 0. The third kappa shape index (κ3) is 17.7. The predicted molar refractivity (Wildman–Crippen MR) is 80.7 cm³/mol. The first-order valence-electron chi connectivity index (χ1n) is 7.84. The van der Waals surface area contributed by atoms with Crippen molar-refractivity contribution >= 4 is 0 Å². The molecule has 1 atom stereocenters. The molecular weight excluding hydrogens is 276 g/mol. The van der Waals surface area contributed by atoms with Gasteiger partial charge in [0.25, 0.3) is 0 Å². The lowest BCUT2D eigenvalue weighted by atomic mass is 10.2. The maximum absolute atomic E-state index is 8.49. The maximum Gasteiger partial charge on any atom is 0.0704 e. The molecule has 6 heteroatoms. The van der Waals surface area contributed by atoms with Crippen LogP contribution in [0.4, 0.5) is 0 Å². The van der Waals surface area contributed by atoms with Gasteiger partial charge in [0.2, 0.25) is 0 Å². The van der Waals surface area contributed by atoms with Crippen LogP contribution in [-0.4, -0.2) is 77.3 Å². The van der Waals surface area contributed by atoms with E-state index in [-0.39, 0.29) is 6.61 Å². The first kappa shape index (κ1) is 20.8. The molecule has 21 heavy (non-hydrogen) atoms. The Bertz CT molecular complexity index is 191. The van der Waals surface area contributed by atoms with Crippen molar-refractivity contribution in [3.63, 3.8) is 0 Å². The molecule has 0 fully saturated rings. The van der Waals surface area contributed by atoms with Gasteiger partial charge >= 0.3 is 0 Å². The molecule has 0 amide bonds. The van der Waals surface area contributed by atoms with Crippen LogP contribution in [0, 0.1) is 0 Å². The summed E-state index contributed by atoms with van der Waals surface area (Å²) in [5.74, 6) is 0. The van der Waals surface area contributed by atoms with Crippen molar-refractivity contribution in [2.24, 2.45) is 0 Å². The number of hydrogen-bond donors (Lipinski definition) is 1. The standard InChI is InChI=1S/C15H32O6/c1-3-4-15(2)21-14-13-20-12-11-19-10-9-18-8-7-17-6-5-16/h15-16H,3-14H2,1-2H3. The second kappa shape index (κ2) is 17.8. The average molecular weight is 308 g/mol. The van der Waals surface area contributed by atoms with E-state index >= 15 is 0 Å². The zero-order chi connectivity index (χ0) is 15.6. The summed E-state index contributed by atoms with van der Waals surface area (Å²) in [5, 5.41) is 8.49. The smallest absolute Gasteiger partial charge is 0.0704 e. The lowest BCUT2D eigenvalue weighted by Gasteiger charge is -2.12. The van der Waals surface area contributed by atoms with E-state index in [1.807, 2.05) is 0 Å². The monoisotopic (exact) mass is 308 g/mol. The van der Waals surface area contributed by atoms with E-state index in [2.05, 4.69) is 13.8 Å². The van der Waals surface area contributed by atoms with Gasteiger partial charge in [-0.25, -0.2) is 0 Å². The lowest BCUT2D eigenvalue weighted by molar-refractivity contribution is -0.0221. The summed E-state index contributed by atoms with van der Waals surface area (Å²) >= 11 is 0. The molecule has 0 aliphatic carbocycles. The molecule has 0 spiro atoms. The zero-order valence-electron chi connectivity index (χ0n) is 13.6. The molecule has 6 nitrogen and oxygen atoms in total. The molecule has 128 valence electrons. The van der Waals surface area contributed by atoms with Gasteiger partial charge in [0.05, 0.1) is 72.2 Å². The van der Waals surface area contributed by atoms with E-state index in [1.165, 1.54) is 0 Å². The van der Waals surface area contributed by atoms with Crippen LogP contribution in [0.15, 0.2) is 0 Å². The van der Waals surface area contributed by atoms with Gasteiger partial charge in [0.15, 0.2) is 0 Å². The Kier molecular flexibility index (Phi) is 17.6. The summed E-state index contributed by atoms with van der Waals surface area (Å²) in [6.45, 7) is 9.14. The minimum Gasteiger partial charge on any atom is -0.394 e. The Morgan fingerprint density at radius 3 is 1.57 bits per heavy atom. The number of rotatable bonds is 17. The molecule has 0 heterocycles. The topological polar surface area (TPSA) is 66.4 Å². The summed E-state index contributed by atoms with van der Waals surface area (Å²) in [6, 6.07) is 0. The SMILES string of the molecule is CCCC(C)OCCOCCOCCOCCOCCO. The second-order valence-electron chi connectivity index (χ2n) is 4.64. The van der Waals surface area contributed by atoms with Gasteiger partial charge in [0.1, 0.15) is 0 Å². The third-order valence-corrected chi connectivity index (χ3v) is 2.68. The van der Waals surface area contributed by atoms with Crippen LogP contribution in [0.25, 0.3) is 0 Å². The quantitative estimate of drug-likeness (QED) is 0.408. The highest BCUT2D eigenvalue weighted by Gasteiger charge is 1.99. The molecule has 0 aromatic heterocycles. The summed E-state index contributed by atoms with van der Waals surface area (Å²) in [6.07, 6.45) is 2.55. The fourth-order valence-corrected chi connectivity index (χ4v) is 1.62. The largest absolute Gasteiger partial charge is 0.394 e. The van der Waals surface area contributed by atoms with Gasteiger partial charge in [-0.15, -0.1) is 0 Å². The van der Waals surface area contributed by atoms with Crippen molar-refractivity contribution in [2.75, 3.05) is 66.1 Å². The van der Waals surface area contributed by atoms with Crippen molar-refractivity contribution < 1.29 is 28.8 Å². The van der Waals surface area contributed by atoms with E-state index in [1.54, 1.807) is 0 Å². The minimum atomic E-state index is 0.0473. The predicted octanol–water partition coefficient (Wildman–Crippen LogP) is 1.25. The van der Waals surface area contributed by atoms with Crippen molar-refractivity contribution in [3.8, 4) is 0 Å². The van der Waals surface area contributed by atoms with Crippen LogP contribution in [0.2, 0.25) is 0 Å². The van der Waals surface area contributed by atoms with Crippen LogP contribution in [-0.2, 0) is 23.7 Å². The number of hydrogen-bond acceptors (Lipinski definition) is 6. The van der Waals surface area contributed by atoms with Gasteiger partial charge < -0.3 is 28.8 Å². The highest BCUT2D eigenvalue weighted by Crippen LogP contribution is 1.99. The highest BCUT2D eigenvalue weighted by atomic mass is 16.6. The normalized spacial score (nSPS) is 12.7. The van der Waals surface area contributed by atoms with Crippen molar-refractivity contribution in [2.45, 2.75) is 32.8 Å². The number of aliphatic hydroxyl groups is 1. The average Bonchev–Trinajstić information content (AvgIpc) is 2.48. The number of aliphatic hydroxyl groups excluding tert-OH is 1. The fraction of sp³-hybridized carbons (Fsp3) is 1.00. The Morgan fingerprint density at radius 1 is 0.714 bits per heavy atom. The first-order valence-corrected chi connectivity index (χ1v) is 7.84. The molecule has 0 aliphatic rings. The Hall–Kier alpha value is -0.240. The van der Waals surface area contributed by atoms with Crippen LogP contribution in [0.1, 0.15) is 26.7 Å². The molecule has 1 N–H and O–H groups in total. The van der Waals surface area contributed by atoms with E-state index in [9.17, 15) is 0 Å². The third-order valence-electron chi connectivity index (χ3n) is 2.68. The van der Waals surface area contributed by atoms with Gasteiger partial charge in [-0.1, -0.05) is 13.3 Å². The molecule has 0 radical (unpaired) electrons. The van der Waals surface area contributed by atoms with Crippen LogP contribution >= 0.6 is 0 Å². The lowest BCUT2D eigenvalue weighted by Crippen LogP contribution is -2.15. The van der Waals surface area contributed by atoms with E-state index < -0.39 is 0 Å². The molecule has 1 unspecified atom stereocenters. The number of ether oxygens (including phenoxy) is 5. The first-order chi connectivity index (χ1) is 10.3. The van der Waals surface area contributed by atoms with Gasteiger partial charge in [-0.05, 0) is 13.3 Å². The molecule has 0 saturated heterocycles. The van der Waals surface area contributed by atoms with E-state index in [4.69, 9.17) is 28.8 Å². The van der Waals surface area contributed by atoms with Gasteiger partial charge in [0, 0.05) is 0 Å². The minimum absolute atomic E-state index is 0.0473. The maximum atomic E-state index is 8.49. The Balaban J connectivity index is 2.99. The van der Waals surface area contributed by atoms with E-state index in [0.717, 1.165) is 12.8 Å². The molecule has 0 saturated carbocycles. The van der Waals surface area contributed by atoms with Crippen LogP contribution < -0.4 is 0 Å². The molecule has 0 bridgehead atoms. The fourth-order valence-electron chi connectivity index (χ4n) is 1.62. The Morgan fingerprint density at radius 2 is 1.14 bits per heavy atom. The zero-order valence-corrected chi connectivity index (χ0v) is 13.6. The second-order valence-corrected chi connectivity index (χ2v) is 4.64. The van der Waals surface area contributed by atoms with Crippen molar-refractivity contribution in [3.05, 3.63) is 0 Å². The van der Waals surface area contributed by atoms with Gasteiger partial charge in [-0.2, -0.15) is 0 Å².